The lowest BCUT2D eigenvalue weighted by atomic mass is 10.0. The normalized spacial score (nSPS) is 22.7. The second kappa shape index (κ2) is 8.67. The predicted octanol–water partition coefficient (Wildman–Crippen LogP) is 2.05. The van der Waals surface area contributed by atoms with E-state index in [2.05, 4.69) is 10.6 Å². The predicted molar refractivity (Wildman–Crippen MR) is 118 cm³/mol. The minimum atomic E-state index is -0.663. The summed E-state index contributed by atoms with van der Waals surface area (Å²) in [4.78, 5) is 52.6. The molecule has 0 saturated carbocycles. The van der Waals surface area contributed by atoms with Crippen molar-refractivity contribution in [3.05, 3.63) is 65.2 Å². The number of ether oxygens (including phenoxy) is 1. The van der Waals surface area contributed by atoms with E-state index in [1.807, 2.05) is 30.3 Å². The smallest absolute Gasteiger partial charge is 0.322 e. The largest absolute Gasteiger partial charge is 0.370 e. The number of carbonyl (C=O) groups excluding carboxylic acids is 4. The Kier molecular flexibility index (Phi) is 5.55. The standard InChI is InChI=1S/C24H24N4O5/c29-21-9-8-19(22(30)26-21)28-13-16-12-17(6-7-18(16)23(28)31)25-24(32)27-10-11-33-20(14-27)15-4-2-1-3-5-15/h1-7,12,19-20H,8-11,13-14H2,(H,25,32)(H,26,29,30). The maximum absolute atomic E-state index is 12.9. The Morgan fingerprint density at radius 1 is 1.09 bits per heavy atom. The summed E-state index contributed by atoms with van der Waals surface area (Å²) >= 11 is 0. The molecule has 9 nitrogen and oxygen atoms in total. The first-order chi connectivity index (χ1) is 16.0. The number of rotatable bonds is 3. The molecule has 2 atom stereocenters. The molecule has 5 amide bonds. The molecule has 170 valence electrons. The number of nitrogens with one attached hydrogen (secondary N) is 2. The number of imide groups is 1. The summed E-state index contributed by atoms with van der Waals surface area (Å²) < 4.78 is 5.83. The highest BCUT2D eigenvalue weighted by molar-refractivity contribution is 6.05. The summed E-state index contributed by atoms with van der Waals surface area (Å²) in [6.07, 6.45) is 0.347. The highest BCUT2D eigenvalue weighted by Gasteiger charge is 2.39. The number of benzene rings is 2. The summed E-state index contributed by atoms with van der Waals surface area (Å²) in [7, 11) is 0. The molecule has 2 N–H and O–H groups in total. The van der Waals surface area contributed by atoms with Gasteiger partial charge in [-0.15, -0.1) is 0 Å². The number of amides is 5. The van der Waals surface area contributed by atoms with E-state index in [1.54, 1.807) is 23.1 Å². The van der Waals surface area contributed by atoms with Gasteiger partial charge in [-0.2, -0.15) is 0 Å². The van der Waals surface area contributed by atoms with Crippen LogP contribution in [-0.2, 0) is 20.9 Å². The van der Waals surface area contributed by atoms with Crippen LogP contribution < -0.4 is 10.6 Å². The van der Waals surface area contributed by atoms with Crippen molar-refractivity contribution in [1.82, 2.24) is 15.1 Å². The first-order valence-electron chi connectivity index (χ1n) is 11.0. The van der Waals surface area contributed by atoms with Crippen LogP contribution in [0.2, 0.25) is 0 Å². The number of piperidine rings is 1. The number of morpholine rings is 1. The number of hydrogen-bond acceptors (Lipinski definition) is 5. The number of hydrogen-bond donors (Lipinski definition) is 2. The van der Waals surface area contributed by atoms with Gasteiger partial charge in [0.05, 0.1) is 13.2 Å². The van der Waals surface area contributed by atoms with E-state index >= 15 is 0 Å². The molecular weight excluding hydrogens is 424 g/mol. The van der Waals surface area contributed by atoms with Crippen LogP contribution in [0.5, 0.6) is 0 Å². The van der Waals surface area contributed by atoms with Gasteiger partial charge >= 0.3 is 6.03 Å². The van der Waals surface area contributed by atoms with Gasteiger partial charge in [0.15, 0.2) is 0 Å². The van der Waals surface area contributed by atoms with Crippen LogP contribution in [0.4, 0.5) is 10.5 Å². The van der Waals surface area contributed by atoms with Gasteiger partial charge < -0.3 is 19.9 Å². The van der Waals surface area contributed by atoms with E-state index in [1.165, 1.54) is 4.90 Å². The number of fused-ring (bicyclic) bond motifs is 1. The van der Waals surface area contributed by atoms with E-state index in [9.17, 15) is 19.2 Å². The third-order valence-corrected chi connectivity index (χ3v) is 6.30. The molecule has 2 aromatic carbocycles. The van der Waals surface area contributed by atoms with Crippen molar-refractivity contribution in [3.63, 3.8) is 0 Å². The van der Waals surface area contributed by atoms with Gasteiger partial charge in [0.1, 0.15) is 12.1 Å². The van der Waals surface area contributed by atoms with Crippen LogP contribution in [0, 0.1) is 0 Å². The fourth-order valence-electron chi connectivity index (χ4n) is 4.56. The summed E-state index contributed by atoms with van der Waals surface area (Å²) in [5.74, 6) is -1.000. The summed E-state index contributed by atoms with van der Waals surface area (Å²) in [6.45, 7) is 1.65. The van der Waals surface area contributed by atoms with Crippen LogP contribution >= 0.6 is 0 Å². The molecule has 33 heavy (non-hydrogen) atoms. The molecule has 9 heteroatoms. The van der Waals surface area contributed by atoms with E-state index in [0.29, 0.717) is 37.4 Å². The highest BCUT2D eigenvalue weighted by atomic mass is 16.5. The average molecular weight is 448 g/mol. The minimum Gasteiger partial charge on any atom is -0.370 e. The Bertz CT molecular complexity index is 1120. The number of carbonyl (C=O) groups is 4. The maximum Gasteiger partial charge on any atom is 0.322 e. The molecule has 0 aliphatic carbocycles. The number of urea groups is 1. The molecule has 2 unspecified atom stereocenters. The average Bonchev–Trinajstić information content (AvgIpc) is 3.15. The molecule has 3 aliphatic heterocycles. The third-order valence-electron chi connectivity index (χ3n) is 6.30. The van der Waals surface area contributed by atoms with Gasteiger partial charge in [0, 0.05) is 30.8 Å². The quantitative estimate of drug-likeness (QED) is 0.699. The van der Waals surface area contributed by atoms with Gasteiger partial charge in [-0.05, 0) is 35.7 Å². The zero-order valence-corrected chi connectivity index (χ0v) is 18.0. The molecule has 0 aromatic heterocycles. The molecule has 2 fully saturated rings. The Morgan fingerprint density at radius 2 is 1.91 bits per heavy atom. The van der Waals surface area contributed by atoms with Crippen molar-refractivity contribution in [2.45, 2.75) is 31.5 Å². The van der Waals surface area contributed by atoms with Crippen molar-refractivity contribution in [3.8, 4) is 0 Å². The lowest BCUT2D eigenvalue weighted by Gasteiger charge is -2.33. The Balaban J connectivity index is 1.25. The highest BCUT2D eigenvalue weighted by Crippen LogP contribution is 2.30. The van der Waals surface area contributed by atoms with Crippen molar-refractivity contribution in [2.24, 2.45) is 0 Å². The van der Waals surface area contributed by atoms with Crippen LogP contribution in [-0.4, -0.2) is 59.3 Å². The summed E-state index contributed by atoms with van der Waals surface area (Å²) in [5, 5.41) is 5.21. The Labute approximate surface area is 190 Å². The molecule has 5 rings (SSSR count). The molecule has 0 spiro atoms. The maximum atomic E-state index is 12.9. The van der Waals surface area contributed by atoms with Gasteiger partial charge in [-0.25, -0.2) is 4.79 Å². The second-order valence-electron chi connectivity index (χ2n) is 8.42. The SMILES string of the molecule is O=C1CCC(N2Cc3cc(NC(=O)N4CCOC(c5ccccc5)C4)ccc3C2=O)C(=O)N1. The molecule has 2 aromatic rings. The summed E-state index contributed by atoms with van der Waals surface area (Å²) in [6, 6.07) is 14.0. The molecule has 0 bridgehead atoms. The fourth-order valence-corrected chi connectivity index (χ4v) is 4.56. The van der Waals surface area contributed by atoms with Gasteiger partial charge in [0.2, 0.25) is 11.8 Å². The minimum absolute atomic E-state index is 0.176. The van der Waals surface area contributed by atoms with Crippen molar-refractivity contribution < 1.29 is 23.9 Å². The van der Waals surface area contributed by atoms with Gasteiger partial charge in [-0.1, -0.05) is 30.3 Å². The van der Waals surface area contributed by atoms with Crippen LogP contribution in [0.1, 0.15) is 40.4 Å². The van der Waals surface area contributed by atoms with E-state index in [4.69, 9.17) is 4.74 Å². The van der Waals surface area contributed by atoms with Crippen LogP contribution in [0.25, 0.3) is 0 Å². The fraction of sp³-hybridized carbons (Fsp3) is 0.333. The lowest BCUT2D eigenvalue weighted by Crippen LogP contribution is -2.52. The van der Waals surface area contributed by atoms with Crippen molar-refractivity contribution in [1.29, 1.82) is 0 Å². The number of nitrogens with zero attached hydrogens (tertiary/aromatic N) is 2. The molecule has 3 aliphatic rings. The topological polar surface area (TPSA) is 108 Å². The lowest BCUT2D eigenvalue weighted by molar-refractivity contribution is -0.136. The zero-order chi connectivity index (χ0) is 22.9. The molecular formula is C24H24N4O5. The molecule has 3 heterocycles. The summed E-state index contributed by atoms with van der Waals surface area (Å²) in [5.41, 5.74) is 2.86. The van der Waals surface area contributed by atoms with Gasteiger partial charge in [-0.3, -0.25) is 19.7 Å². The van der Waals surface area contributed by atoms with E-state index in [0.717, 1.165) is 11.1 Å². The number of anilines is 1. The first-order valence-corrected chi connectivity index (χ1v) is 11.0. The monoisotopic (exact) mass is 448 g/mol. The van der Waals surface area contributed by atoms with Crippen molar-refractivity contribution >= 4 is 29.4 Å². The van der Waals surface area contributed by atoms with E-state index in [-0.39, 0.29) is 36.9 Å². The Hall–Kier alpha value is -3.72. The first kappa shape index (κ1) is 21.1. The second-order valence-corrected chi connectivity index (χ2v) is 8.42. The molecule has 0 radical (unpaired) electrons. The zero-order valence-electron chi connectivity index (χ0n) is 18.0. The Morgan fingerprint density at radius 3 is 2.70 bits per heavy atom. The van der Waals surface area contributed by atoms with E-state index < -0.39 is 11.9 Å². The third kappa shape index (κ3) is 4.19. The molecule has 2 saturated heterocycles. The van der Waals surface area contributed by atoms with Crippen LogP contribution in [0.15, 0.2) is 48.5 Å². The van der Waals surface area contributed by atoms with Gasteiger partial charge in [0.25, 0.3) is 5.91 Å². The van der Waals surface area contributed by atoms with Crippen LogP contribution in [0.3, 0.4) is 0 Å². The van der Waals surface area contributed by atoms with Crippen molar-refractivity contribution in [2.75, 3.05) is 25.0 Å².